The maximum atomic E-state index is 2.84. The number of nitrogens with zero attached hydrogens (tertiary/aromatic N) is 2. The maximum absolute atomic E-state index is 2.84. The summed E-state index contributed by atoms with van der Waals surface area (Å²) >= 11 is -0.755. The van der Waals surface area contributed by atoms with Gasteiger partial charge in [-0.2, -0.15) is 0 Å². The fraction of sp³-hybridized carbons (Fsp3) is 0.692. The second kappa shape index (κ2) is 13.6. The molecule has 0 heterocycles. The van der Waals surface area contributed by atoms with Gasteiger partial charge in [-0.3, -0.25) is 0 Å². The molecule has 33 heavy (non-hydrogen) atoms. The molecular weight excluding hydrogens is 648 g/mol. The molecule has 2 rings (SSSR count). The molecule has 7 heteroatoms. The minimum absolute atomic E-state index is 0. The van der Waals surface area contributed by atoms with Crippen LogP contribution in [0.2, 0.25) is 26.2 Å². The molecule has 0 N–H and O–H groups in total. The van der Waals surface area contributed by atoms with E-state index in [1.807, 2.05) is 6.56 Å². The van der Waals surface area contributed by atoms with Crippen LogP contribution in [-0.4, -0.2) is 49.8 Å². The van der Waals surface area contributed by atoms with Crippen molar-refractivity contribution < 1.29 is 23.2 Å². The van der Waals surface area contributed by atoms with Gasteiger partial charge in [-0.05, 0) is 0 Å². The molecule has 0 aliphatic heterocycles. The van der Waals surface area contributed by atoms with E-state index in [1.54, 1.807) is 10.4 Å². The SMILES string of the molecule is Br.Br.CC(C)N(C(C)C)[Si](C)(C)C1=[C]([Zr][C]2=C([Si](C)(C)N(C(C)C)C(C)C)C=CC2)CC=C1. The van der Waals surface area contributed by atoms with Crippen LogP contribution in [0.3, 0.4) is 0 Å². The Balaban J connectivity index is 0.00000512. The van der Waals surface area contributed by atoms with Crippen molar-refractivity contribution in [3.8, 4) is 0 Å². The Bertz CT molecular complexity index is 701. The van der Waals surface area contributed by atoms with Crippen molar-refractivity contribution in [3.63, 3.8) is 0 Å². The molecule has 0 radical (unpaired) electrons. The van der Waals surface area contributed by atoms with Gasteiger partial charge in [0, 0.05) is 0 Å². The Labute approximate surface area is 240 Å². The van der Waals surface area contributed by atoms with E-state index in [0.29, 0.717) is 24.2 Å². The van der Waals surface area contributed by atoms with Crippen molar-refractivity contribution in [1.82, 2.24) is 9.13 Å². The van der Waals surface area contributed by atoms with Gasteiger partial charge in [0.25, 0.3) is 0 Å². The van der Waals surface area contributed by atoms with E-state index in [2.05, 4.69) is 115 Å². The summed E-state index contributed by atoms with van der Waals surface area (Å²) < 4.78 is 9.43. The number of hydrogen-bond acceptors (Lipinski definition) is 2. The molecule has 0 amide bonds. The predicted molar refractivity (Wildman–Crippen MR) is 161 cm³/mol. The van der Waals surface area contributed by atoms with Gasteiger partial charge in [0.15, 0.2) is 0 Å². The molecule has 190 valence electrons. The van der Waals surface area contributed by atoms with Crippen LogP contribution in [0.4, 0.5) is 0 Å². The van der Waals surface area contributed by atoms with Gasteiger partial charge in [-0.15, -0.1) is 34.0 Å². The standard InChI is InChI=1S/2C13H24NSi.2BrH.Zr/c2*1-11(2)14(12(3)4)15(5,6)13-9-7-8-10-13;;;/h2*7,9,11-12H,8H2,1-6H3;2*1H;. The van der Waals surface area contributed by atoms with Crippen molar-refractivity contribution in [1.29, 1.82) is 0 Å². The Morgan fingerprint density at radius 3 is 1.12 bits per heavy atom. The van der Waals surface area contributed by atoms with E-state index in [4.69, 9.17) is 0 Å². The van der Waals surface area contributed by atoms with Crippen molar-refractivity contribution >= 4 is 50.4 Å². The van der Waals surface area contributed by atoms with Crippen molar-refractivity contribution in [2.45, 2.75) is 119 Å². The normalized spacial score (nSPS) is 16.9. The fourth-order valence-electron chi connectivity index (χ4n) is 6.63. The van der Waals surface area contributed by atoms with Gasteiger partial charge >= 0.3 is 209 Å². The zero-order chi connectivity index (χ0) is 23.7. The third kappa shape index (κ3) is 7.58. The summed E-state index contributed by atoms with van der Waals surface area (Å²) in [5.41, 5.74) is 0. The zero-order valence-corrected chi connectivity index (χ0v) is 31.1. The second-order valence-electron chi connectivity index (χ2n) is 11.4. The first kappa shape index (κ1) is 34.2. The van der Waals surface area contributed by atoms with Crippen LogP contribution in [0.15, 0.2) is 41.3 Å². The number of hydrogen-bond donors (Lipinski definition) is 0. The van der Waals surface area contributed by atoms with Gasteiger partial charge in [0.2, 0.25) is 0 Å². The van der Waals surface area contributed by atoms with E-state index in [0.717, 1.165) is 0 Å². The monoisotopic (exact) mass is 694 g/mol. The molecular formula is C26H50Br2N2Si2Zr. The van der Waals surface area contributed by atoms with Crippen molar-refractivity contribution in [2.75, 3.05) is 0 Å². The topological polar surface area (TPSA) is 6.48 Å². The first-order chi connectivity index (χ1) is 14.2. The molecule has 0 atom stereocenters. The third-order valence-corrected chi connectivity index (χ3v) is 20.3. The first-order valence-electron chi connectivity index (χ1n) is 12.4. The molecule has 2 aliphatic rings. The zero-order valence-electron chi connectivity index (χ0n) is 23.2. The Morgan fingerprint density at radius 1 is 0.606 bits per heavy atom. The molecule has 0 unspecified atom stereocenters. The minimum atomic E-state index is -1.66. The fourth-order valence-corrected chi connectivity index (χ4v) is 23.4. The second-order valence-corrected chi connectivity index (χ2v) is 23.4. The van der Waals surface area contributed by atoms with Crippen LogP contribution in [0.5, 0.6) is 0 Å². The van der Waals surface area contributed by atoms with Gasteiger partial charge in [0.1, 0.15) is 0 Å². The molecule has 2 nitrogen and oxygen atoms in total. The quantitative estimate of drug-likeness (QED) is 0.212. The van der Waals surface area contributed by atoms with Crippen molar-refractivity contribution in [2.24, 2.45) is 0 Å². The molecule has 2 aliphatic carbocycles. The van der Waals surface area contributed by atoms with Gasteiger partial charge in [-0.25, -0.2) is 0 Å². The van der Waals surface area contributed by atoms with E-state index >= 15 is 0 Å². The molecule has 0 saturated carbocycles. The third-order valence-electron chi connectivity index (χ3n) is 7.00. The summed E-state index contributed by atoms with van der Waals surface area (Å²) in [6.45, 7) is 29.5. The van der Waals surface area contributed by atoms with Crippen LogP contribution in [0, 0.1) is 0 Å². The molecule has 0 aromatic heterocycles. The molecule has 0 saturated heterocycles. The Morgan fingerprint density at radius 2 is 0.879 bits per heavy atom. The molecule has 0 aromatic carbocycles. The van der Waals surface area contributed by atoms with Gasteiger partial charge in [-0.1, -0.05) is 0 Å². The van der Waals surface area contributed by atoms with Crippen LogP contribution in [0.25, 0.3) is 0 Å². The average Bonchev–Trinajstić information content (AvgIpc) is 3.22. The van der Waals surface area contributed by atoms with Gasteiger partial charge in [0.05, 0.1) is 0 Å². The van der Waals surface area contributed by atoms with Crippen LogP contribution >= 0.6 is 34.0 Å². The Kier molecular flexibility index (Phi) is 14.1. The van der Waals surface area contributed by atoms with E-state index in [9.17, 15) is 0 Å². The summed E-state index contributed by atoms with van der Waals surface area (Å²) in [6, 6.07) is 2.42. The van der Waals surface area contributed by atoms with Crippen LogP contribution < -0.4 is 0 Å². The van der Waals surface area contributed by atoms with E-state index < -0.39 is 39.7 Å². The first-order valence-corrected chi connectivity index (χ1v) is 20.7. The van der Waals surface area contributed by atoms with E-state index in [-0.39, 0.29) is 34.0 Å². The molecule has 0 bridgehead atoms. The number of halogens is 2. The van der Waals surface area contributed by atoms with Crippen LogP contribution in [-0.2, 0) is 23.2 Å². The summed E-state index contributed by atoms with van der Waals surface area (Å²) in [6.07, 6.45) is 12.4. The van der Waals surface area contributed by atoms with E-state index in [1.165, 1.54) is 12.8 Å². The Hall–Kier alpha value is 1.16. The average molecular weight is 698 g/mol. The number of allylic oxidation sites excluding steroid dienone is 8. The van der Waals surface area contributed by atoms with Crippen molar-refractivity contribution in [3.05, 3.63) is 41.3 Å². The molecule has 0 spiro atoms. The summed E-state index contributed by atoms with van der Waals surface area (Å²) in [4.78, 5) is 0. The molecule has 0 fully saturated rings. The summed E-state index contributed by atoms with van der Waals surface area (Å²) in [5, 5.41) is 3.54. The van der Waals surface area contributed by atoms with Gasteiger partial charge < -0.3 is 0 Å². The van der Waals surface area contributed by atoms with Crippen LogP contribution in [0.1, 0.15) is 68.2 Å². The molecule has 0 aromatic rings. The summed E-state index contributed by atoms with van der Waals surface area (Å²) in [7, 11) is -3.32. The summed E-state index contributed by atoms with van der Waals surface area (Å²) in [5.74, 6) is 0. The predicted octanol–water partition coefficient (Wildman–Crippen LogP) is 8.38. The number of rotatable bonds is 10.